The number of aromatic amines is 1. The summed E-state index contributed by atoms with van der Waals surface area (Å²) in [6, 6.07) is 9.54. The maximum absolute atomic E-state index is 6.44. The van der Waals surface area contributed by atoms with Crippen LogP contribution in [-0.4, -0.2) is 11.5 Å². The number of aromatic nitrogens is 1. The average Bonchev–Trinajstić information content (AvgIpc) is 2.93. The number of hydrogen-bond acceptors (Lipinski definition) is 1. The Kier molecular flexibility index (Phi) is 5.41. The van der Waals surface area contributed by atoms with E-state index in [0.717, 1.165) is 46.6 Å². The highest BCUT2D eigenvalue weighted by Crippen LogP contribution is 2.38. The van der Waals surface area contributed by atoms with Crippen molar-refractivity contribution in [1.29, 1.82) is 0 Å². The largest absolute Gasteiger partial charge is 0.354 e. The molecular formula is C19H19Cl3N2. The fraction of sp³-hybridized carbons (Fsp3) is 0.263. The molecule has 1 heterocycles. The summed E-state index contributed by atoms with van der Waals surface area (Å²) in [7, 11) is 0. The molecule has 0 fully saturated rings. The molecule has 0 aliphatic carbocycles. The third-order valence-electron chi connectivity index (χ3n) is 4.35. The Balaban J connectivity index is 2.23. The van der Waals surface area contributed by atoms with Gasteiger partial charge in [-0.2, -0.15) is 0 Å². The van der Waals surface area contributed by atoms with Gasteiger partial charge in [-0.25, -0.2) is 0 Å². The zero-order valence-electron chi connectivity index (χ0n) is 13.4. The van der Waals surface area contributed by atoms with Crippen LogP contribution < -0.4 is 5.73 Å². The van der Waals surface area contributed by atoms with Gasteiger partial charge in [0.25, 0.3) is 0 Å². The molecule has 126 valence electrons. The van der Waals surface area contributed by atoms with Crippen LogP contribution >= 0.6 is 34.8 Å². The van der Waals surface area contributed by atoms with E-state index in [9.17, 15) is 0 Å². The first-order chi connectivity index (χ1) is 11.5. The number of benzene rings is 2. The molecule has 0 aliphatic heterocycles. The van der Waals surface area contributed by atoms with E-state index < -0.39 is 0 Å². The number of aryl methyl sites for hydroxylation is 2. The van der Waals surface area contributed by atoms with Gasteiger partial charge in [0.2, 0.25) is 0 Å². The summed E-state index contributed by atoms with van der Waals surface area (Å²) in [6.07, 6.45) is 2.94. The first-order valence-corrected chi connectivity index (χ1v) is 9.11. The van der Waals surface area contributed by atoms with Crippen molar-refractivity contribution in [1.82, 2.24) is 4.98 Å². The zero-order chi connectivity index (χ0) is 17.3. The predicted octanol–water partition coefficient (Wildman–Crippen LogP) is 6.38. The number of hydrogen-bond donors (Lipinski definition) is 2. The van der Waals surface area contributed by atoms with Crippen molar-refractivity contribution in [3.8, 4) is 11.3 Å². The van der Waals surface area contributed by atoms with E-state index >= 15 is 0 Å². The van der Waals surface area contributed by atoms with Gasteiger partial charge in [0.1, 0.15) is 0 Å². The van der Waals surface area contributed by atoms with Gasteiger partial charge in [-0.1, -0.05) is 40.9 Å². The number of nitrogens with two attached hydrogens (primary N) is 1. The first kappa shape index (κ1) is 17.6. The number of halogens is 3. The highest BCUT2D eigenvalue weighted by Gasteiger charge is 2.17. The molecule has 24 heavy (non-hydrogen) atoms. The smallest absolute Gasteiger partial charge is 0.0513 e. The van der Waals surface area contributed by atoms with E-state index in [4.69, 9.17) is 40.5 Å². The molecule has 0 bridgehead atoms. The lowest BCUT2D eigenvalue weighted by molar-refractivity contribution is 0.748. The van der Waals surface area contributed by atoms with E-state index in [0.29, 0.717) is 16.6 Å². The molecule has 2 nitrogen and oxygen atoms in total. The Bertz CT molecular complexity index is 884. The molecule has 0 amide bonds. The van der Waals surface area contributed by atoms with Crippen molar-refractivity contribution < 1.29 is 0 Å². The third kappa shape index (κ3) is 3.29. The fourth-order valence-corrected chi connectivity index (χ4v) is 3.60. The van der Waals surface area contributed by atoms with Gasteiger partial charge in [-0.05, 0) is 68.1 Å². The minimum absolute atomic E-state index is 0.663. The lowest BCUT2D eigenvalue weighted by Gasteiger charge is -2.08. The molecule has 0 aliphatic rings. The monoisotopic (exact) mass is 380 g/mol. The van der Waals surface area contributed by atoms with Crippen LogP contribution in [0.3, 0.4) is 0 Å². The number of nitrogens with one attached hydrogen (secondary N) is 1. The molecule has 3 aromatic rings. The second-order valence-corrected chi connectivity index (χ2v) is 7.19. The van der Waals surface area contributed by atoms with Crippen LogP contribution in [0.25, 0.3) is 22.2 Å². The number of fused-ring (bicyclic) bond motifs is 1. The molecule has 3 N–H and O–H groups in total. The van der Waals surface area contributed by atoms with Crippen LogP contribution in [0.2, 0.25) is 15.1 Å². The quantitative estimate of drug-likeness (QED) is 0.494. The molecule has 0 radical (unpaired) electrons. The lowest BCUT2D eigenvalue weighted by atomic mass is 9.99. The van der Waals surface area contributed by atoms with Crippen molar-refractivity contribution in [2.45, 2.75) is 26.2 Å². The normalized spacial score (nSPS) is 11.4. The van der Waals surface area contributed by atoms with Crippen LogP contribution in [0.15, 0.2) is 30.3 Å². The molecule has 0 saturated carbocycles. The molecule has 3 rings (SSSR count). The lowest BCUT2D eigenvalue weighted by Crippen LogP contribution is -1.99. The third-order valence-corrected chi connectivity index (χ3v) is 5.33. The Morgan fingerprint density at radius 1 is 1.00 bits per heavy atom. The maximum Gasteiger partial charge on any atom is 0.0513 e. The fourth-order valence-electron chi connectivity index (χ4n) is 3.06. The maximum atomic E-state index is 6.44. The van der Waals surface area contributed by atoms with Gasteiger partial charge >= 0.3 is 0 Å². The van der Waals surface area contributed by atoms with Crippen molar-refractivity contribution in [2.24, 2.45) is 5.73 Å². The number of unbranched alkanes of at least 4 members (excludes halogenated alkanes) is 1. The Morgan fingerprint density at radius 2 is 1.75 bits per heavy atom. The first-order valence-electron chi connectivity index (χ1n) is 7.98. The van der Waals surface area contributed by atoms with E-state index in [1.807, 2.05) is 25.1 Å². The van der Waals surface area contributed by atoms with Gasteiger partial charge in [0.05, 0.1) is 11.2 Å². The number of rotatable bonds is 5. The molecular weight excluding hydrogens is 363 g/mol. The Morgan fingerprint density at radius 3 is 2.50 bits per heavy atom. The van der Waals surface area contributed by atoms with Crippen molar-refractivity contribution in [3.05, 3.63) is 56.5 Å². The average molecular weight is 382 g/mol. The van der Waals surface area contributed by atoms with Gasteiger partial charge in [-0.3, -0.25) is 0 Å². The van der Waals surface area contributed by atoms with Gasteiger partial charge < -0.3 is 10.7 Å². The summed E-state index contributed by atoms with van der Waals surface area (Å²) in [4.78, 5) is 3.53. The summed E-state index contributed by atoms with van der Waals surface area (Å²) in [5.41, 5.74) is 10.9. The summed E-state index contributed by atoms with van der Waals surface area (Å²) in [5.74, 6) is 0. The second-order valence-electron chi connectivity index (χ2n) is 5.94. The van der Waals surface area contributed by atoms with Crippen molar-refractivity contribution >= 4 is 45.7 Å². The molecule has 2 aromatic carbocycles. The summed E-state index contributed by atoms with van der Waals surface area (Å²) < 4.78 is 0. The second kappa shape index (κ2) is 7.37. The van der Waals surface area contributed by atoms with E-state index in [-0.39, 0.29) is 0 Å². The van der Waals surface area contributed by atoms with E-state index in [1.54, 1.807) is 6.07 Å². The molecule has 5 heteroatoms. The highest BCUT2D eigenvalue weighted by molar-refractivity contribution is 6.35. The van der Waals surface area contributed by atoms with Crippen LogP contribution in [0.1, 0.15) is 24.0 Å². The Hall–Kier alpha value is -1.19. The van der Waals surface area contributed by atoms with Gasteiger partial charge in [0, 0.05) is 26.0 Å². The van der Waals surface area contributed by atoms with E-state index in [1.165, 1.54) is 10.9 Å². The van der Waals surface area contributed by atoms with Crippen LogP contribution in [0.4, 0.5) is 0 Å². The van der Waals surface area contributed by atoms with Gasteiger partial charge in [-0.15, -0.1) is 0 Å². The number of H-pyrrole nitrogens is 1. The van der Waals surface area contributed by atoms with Crippen LogP contribution in [-0.2, 0) is 6.42 Å². The zero-order valence-corrected chi connectivity index (χ0v) is 15.7. The summed E-state index contributed by atoms with van der Waals surface area (Å²) >= 11 is 18.9. The molecule has 0 spiro atoms. The SMILES string of the molecule is Cc1c(Cl)ccc2c(CCCCN)c(-c3cc(Cl)ccc3Cl)[nH]c12. The van der Waals surface area contributed by atoms with Crippen molar-refractivity contribution in [2.75, 3.05) is 6.54 Å². The molecule has 0 saturated heterocycles. The minimum atomic E-state index is 0.663. The molecule has 1 aromatic heterocycles. The summed E-state index contributed by atoms with van der Waals surface area (Å²) in [5, 5.41) is 3.27. The standard InChI is InChI=1S/C19H19Cl3N2/c1-11-16(21)8-6-14-13(4-2-3-9-23)19(24-18(11)14)15-10-12(20)5-7-17(15)22/h5-8,10,24H,2-4,9,23H2,1H3. The van der Waals surface area contributed by atoms with Crippen LogP contribution in [0.5, 0.6) is 0 Å². The molecule has 0 atom stereocenters. The van der Waals surface area contributed by atoms with E-state index in [2.05, 4.69) is 11.1 Å². The van der Waals surface area contributed by atoms with Crippen molar-refractivity contribution in [3.63, 3.8) is 0 Å². The summed E-state index contributed by atoms with van der Waals surface area (Å²) in [6.45, 7) is 2.72. The minimum Gasteiger partial charge on any atom is -0.354 e. The van der Waals surface area contributed by atoms with Gasteiger partial charge in [0.15, 0.2) is 0 Å². The van der Waals surface area contributed by atoms with Crippen LogP contribution in [0, 0.1) is 6.92 Å². The Labute approximate surface area is 156 Å². The predicted molar refractivity (Wildman–Crippen MR) is 105 cm³/mol. The topological polar surface area (TPSA) is 41.8 Å². The molecule has 0 unspecified atom stereocenters. The highest BCUT2D eigenvalue weighted by atomic mass is 35.5.